The average molecular weight is 433 g/mol. The zero-order valence-corrected chi connectivity index (χ0v) is 16.5. The highest BCUT2D eigenvalue weighted by molar-refractivity contribution is 9.10. The molecule has 2 N–H and O–H groups in total. The van der Waals surface area contributed by atoms with Crippen LogP contribution in [0, 0.1) is 6.92 Å². The number of anilines is 1. The van der Waals surface area contributed by atoms with E-state index in [4.69, 9.17) is 0 Å². The van der Waals surface area contributed by atoms with Crippen molar-refractivity contribution in [3.8, 4) is 0 Å². The summed E-state index contributed by atoms with van der Waals surface area (Å²) < 4.78 is 0.575. The fraction of sp³-hybridized carbons (Fsp3) is 0.158. The number of carboxylic acid groups (broad SMARTS) is 1. The van der Waals surface area contributed by atoms with E-state index in [9.17, 15) is 24.3 Å². The molecule has 27 heavy (non-hydrogen) atoms. The van der Waals surface area contributed by atoms with Crippen molar-refractivity contribution in [3.05, 3.63) is 63.1 Å². The quantitative estimate of drug-likeness (QED) is 0.770. The van der Waals surface area contributed by atoms with E-state index in [1.807, 2.05) is 0 Å². The Morgan fingerprint density at radius 2 is 1.70 bits per heavy atom. The van der Waals surface area contributed by atoms with Crippen LogP contribution in [-0.2, 0) is 4.79 Å². The van der Waals surface area contributed by atoms with E-state index in [1.54, 1.807) is 13.0 Å². The number of rotatable bonds is 4. The number of carbonyl (C=O) groups is 4. The van der Waals surface area contributed by atoms with Gasteiger partial charge in [-0.25, -0.2) is 4.79 Å². The van der Waals surface area contributed by atoms with Crippen molar-refractivity contribution < 1.29 is 24.3 Å². The van der Waals surface area contributed by atoms with Crippen LogP contribution < -0.4 is 5.32 Å². The van der Waals surface area contributed by atoms with Crippen LogP contribution in [0.25, 0.3) is 0 Å². The van der Waals surface area contributed by atoms with Gasteiger partial charge in [0, 0.05) is 29.6 Å². The molecule has 0 bridgehead atoms. The van der Waals surface area contributed by atoms with Crippen LogP contribution in [0.2, 0.25) is 0 Å². The molecule has 0 unspecified atom stereocenters. The number of carbonyl (C=O) groups excluding carboxylic acids is 3. The van der Waals surface area contributed by atoms with Gasteiger partial charge in [-0.05, 0) is 48.9 Å². The molecule has 2 aromatic carbocycles. The van der Waals surface area contributed by atoms with Crippen molar-refractivity contribution in [1.29, 1.82) is 0 Å². The monoisotopic (exact) mass is 432 g/mol. The van der Waals surface area contributed by atoms with Gasteiger partial charge in [-0.1, -0.05) is 15.9 Å². The molecular formula is C19H17BrN2O5. The third kappa shape index (κ3) is 4.59. The van der Waals surface area contributed by atoms with Crippen LogP contribution in [0.5, 0.6) is 0 Å². The maximum absolute atomic E-state index is 12.5. The Hall–Kier alpha value is -3.00. The minimum atomic E-state index is -1.17. The number of carboxylic acids is 1. The number of benzene rings is 2. The predicted molar refractivity (Wildman–Crippen MR) is 103 cm³/mol. The van der Waals surface area contributed by atoms with E-state index >= 15 is 0 Å². The van der Waals surface area contributed by atoms with Crippen LogP contribution in [-0.4, -0.2) is 40.7 Å². The number of nitrogens with one attached hydrogen (secondary N) is 1. The Bertz CT molecular complexity index is 955. The van der Waals surface area contributed by atoms with E-state index in [1.165, 1.54) is 44.3 Å². The molecule has 2 aromatic rings. The molecule has 2 rings (SSSR count). The normalized spacial score (nSPS) is 10.2. The molecule has 0 heterocycles. The minimum absolute atomic E-state index is 0.0515. The van der Waals surface area contributed by atoms with Crippen molar-refractivity contribution in [2.45, 2.75) is 13.8 Å². The van der Waals surface area contributed by atoms with E-state index in [0.717, 1.165) is 4.90 Å². The van der Waals surface area contributed by atoms with Crippen LogP contribution >= 0.6 is 15.9 Å². The third-order valence-corrected chi connectivity index (χ3v) is 4.45. The lowest BCUT2D eigenvalue weighted by atomic mass is 10.0. The van der Waals surface area contributed by atoms with Crippen molar-refractivity contribution in [2.75, 3.05) is 12.4 Å². The maximum Gasteiger partial charge on any atom is 0.337 e. The standard InChI is InChI=1S/C19H17BrN2O5/c1-10-8-12(4-6-14(10)18(25)22(3)11(2)23)17(24)21-16-7-5-13(20)9-15(16)19(26)27/h4-9H,1-3H3,(H,21,24)(H,26,27). The van der Waals surface area contributed by atoms with Gasteiger partial charge in [-0.2, -0.15) is 0 Å². The van der Waals surface area contributed by atoms with Gasteiger partial charge in [-0.3, -0.25) is 19.3 Å². The number of aromatic carboxylic acids is 1. The second-order valence-electron chi connectivity index (χ2n) is 5.86. The lowest BCUT2D eigenvalue weighted by Crippen LogP contribution is -2.31. The average Bonchev–Trinajstić information content (AvgIpc) is 2.61. The van der Waals surface area contributed by atoms with Crippen LogP contribution in [0.4, 0.5) is 5.69 Å². The highest BCUT2D eigenvalue weighted by atomic mass is 79.9. The summed E-state index contributed by atoms with van der Waals surface area (Å²) >= 11 is 3.19. The topological polar surface area (TPSA) is 104 Å². The molecule has 0 saturated heterocycles. The summed E-state index contributed by atoms with van der Waals surface area (Å²) in [5.74, 6) is -2.54. The molecule has 0 atom stereocenters. The predicted octanol–water partition coefficient (Wildman–Crippen LogP) is 3.33. The molecule has 7 nitrogen and oxygen atoms in total. The Morgan fingerprint density at radius 1 is 1.04 bits per heavy atom. The van der Waals surface area contributed by atoms with E-state index in [0.29, 0.717) is 15.6 Å². The molecule has 0 radical (unpaired) electrons. The first-order valence-electron chi connectivity index (χ1n) is 7.85. The van der Waals surface area contributed by atoms with E-state index in [2.05, 4.69) is 21.2 Å². The number of hydrogen-bond acceptors (Lipinski definition) is 4. The minimum Gasteiger partial charge on any atom is -0.478 e. The first-order chi connectivity index (χ1) is 12.6. The molecule has 3 amide bonds. The summed E-state index contributed by atoms with van der Waals surface area (Å²) in [6.45, 7) is 2.94. The first-order valence-corrected chi connectivity index (χ1v) is 8.64. The molecule has 8 heteroatoms. The first kappa shape index (κ1) is 20.3. The maximum atomic E-state index is 12.5. The number of halogens is 1. The molecule has 0 aliphatic rings. The van der Waals surface area contributed by atoms with Gasteiger partial charge in [0.15, 0.2) is 0 Å². The molecule has 0 aliphatic heterocycles. The summed E-state index contributed by atoms with van der Waals surface area (Å²) in [5.41, 5.74) is 1.19. The zero-order valence-electron chi connectivity index (χ0n) is 14.9. The van der Waals surface area contributed by atoms with Crippen LogP contribution in [0.3, 0.4) is 0 Å². The summed E-state index contributed by atoms with van der Waals surface area (Å²) in [5, 5.41) is 11.8. The Balaban J connectivity index is 2.29. The van der Waals surface area contributed by atoms with Gasteiger partial charge in [0.05, 0.1) is 11.3 Å². The molecule has 0 aliphatic carbocycles. The zero-order chi connectivity index (χ0) is 20.3. The fourth-order valence-electron chi connectivity index (χ4n) is 2.37. The summed E-state index contributed by atoms with van der Waals surface area (Å²) in [7, 11) is 1.38. The molecule has 0 spiro atoms. The smallest absolute Gasteiger partial charge is 0.337 e. The van der Waals surface area contributed by atoms with Crippen molar-refractivity contribution in [3.63, 3.8) is 0 Å². The highest BCUT2D eigenvalue weighted by Gasteiger charge is 2.19. The van der Waals surface area contributed by atoms with Gasteiger partial charge in [-0.15, -0.1) is 0 Å². The number of amides is 3. The number of imide groups is 1. The van der Waals surface area contributed by atoms with Gasteiger partial charge in [0.25, 0.3) is 11.8 Å². The van der Waals surface area contributed by atoms with Gasteiger partial charge in [0.1, 0.15) is 0 Å². The second-order valence-corrected chi connectivity index (χ2v) is 6.78. The summed E-state index contributed by atoms with van der Waals surface area (Å²) in [6.07, 6.45) is 0. The third-order valence-electron chi connectivity index (χ3n) is 3.96. The Morgan fingerprint density at radius 3 is 2.26 bits per heavy atom. The van der Waals surface area contributed by atoms with Crippen molar-refractivity contribution in [1.82, 2.24) is 4.90 Å². The number of aryl methyl sites for hydroxylation is 1. The highest BCUT2D eigenvalue weighted by Crippen LogP contribution is 2.22. The molecular weight excluding hydrogens is 416 g/mol. The molecule has 0 fully saturated rings. The fourth-order valence-corrected chi connectivity index (χ4v) is 2.73. The Labute approximate surface area is 164 Å². The van der Waals surface area contributed by atoms with Crippen LogP contribution in [0.1, 0.15) is 43.6 Å². The van der Waals surface area contributed by atoms with Gasteiger partial charge >= 0.3 is 5.97 Å². The second kappa shape index (κ2) is 8.13. The molecule has 0 saturated carbocycles. The summed E-state index contributed by atoms with van der Waals surface area (Å²) in [6, 6.07) is 8.91. The Kier molecular flexibility index (Phi) is 6.12. The molecule has 0 aromatic heterocycles. The van der Waals surface area contributed by atoms with Crippen molar-refractivity contribution >= 4 is 45.3 Å². The largest absolute Gasteiger partial charge is 0.478 e. The number of nitrogens with zero attached hydrogens (tertiary/aromatic N) is 1. The molecule has 140 valence electrons. The summed E-state index contributed by atoms with van der Waals surface area (Å²) in [4.78, 5) is 48.4. The van der Waals surface area contributed by atoms with E-state index < -0.39 is 23.7 Å². The van der Waals surface area contributed by atoms with Crippen LogP contribution in [0.15, 0.2) is 40.9 Å². The lowest BCUT2D eigenvalue weighted by Gasteiger charge is -2.15. The van der Waals surface area contributed by atoms with Crippen molar-refractivity contribution in [2.24, 2.45) is 0 Å². The lowest BCUT2D eigenvalue weighted by molar-refractivity contribution is -0.125. The number of hydrogen-bond donors (Lipinski definition) is 2. The van der Waals surface area contributed by atoms with Gasteiger partial charge < -0.3 is 10.4 Å². The SMILES string of the molecule is CC(=O)N(C)C(=O)c1ccc(C(=O)Nc2ccc(Br)cc2C(=O)O)cc1C. The van der Waals surface area contributed by atoms with E-state index in [-0.39, 0.29) is 16.8 Å². The van der Waals surface area contributed by atoms with Gasteiger partial charge in [0.2, 0.25) is 5.91 Å².